The standard InChI is InChI=1S/C14H28N2O3/c1-6-8-9-16(11(5)7-2)14(19)15-12(10(3)4)13(17)18/h10-12H,6-9H2,1-5H3,(H,15,19)(H,17,18). The molecular weight excluding hydrogens is 244 g/mol. The normalized spacial score (nSPS) is 14.0. The van der Waals surface area contributed by atoms with Crippen LogP contribution in [0.25, 0.3) is 0 Å². The number of carboxylic acid groups (broad SMARTS) is 1. The Balaban J connectivity index is 4.74. The van der Waals surface area contributed by atoms with Crippen molar-refractivity contribution in [1.82, 2.24) is 10.2 Å². The van der Waals surface area contributed by atoms with Crippen molar-refractivity contribution in [2.24, 2.45) is 5.92 Å². The van der Waals surface area contributed by atoms with Crippen LogP contribution >= 0.6 is 0 Å². The summed E-state index contributed by atoms with van der Waals surface area (Å²) < 4.78 is 0. The van der Waals surface area contributed by atoms with Gasteiger partial charge < -0.3 is 15.3 Å². The Kier molecular flexibility index (Phi) is 8.19. The topological polar surface area (TPSA) is 69.6 Å². The quantitative estimate of drug-likeness (QED) is 0.713. The summed E-state index contributed by atoms with van der Waals surface area (Å²) in [6.45, 7) is 10.3. The van der Waals surface area contributed by atoms with E-state index in [0.717, 1.165) is 19.3 Å². The first-order valence-corrected chi connectivity index (χ1v) is 7.15. The Morgan fingerprint density at radius 3 is 2.16 bits per heavy atom. The Morgan fingerprint density at radius 2 is 1.79 bits per heavy atom. The highest BCUT2D eigenvalue weighted by Crippen LogP contribution is 2.09. The lowest BCUT2D eigenvalue weighted by molar-refractivity contribution is -0.140. The molecule has 0 radical (unpaired) electrons. The van der Waals surface area contributed by atoms with E-state index < -0.39 is 12.0 Å². The van der Waals surface area contributed by atoms with Gasteiger partial charge in [0.25, 0.3) is 0 Å². The summed E-state index contributed by atoms with van der Waals surface area (Å²) in [5.41, 5.74) is 0. The highest BCUT2D eigenvalue weighted by Gasteiger charge is 2.27. The molecule has 0 aromatic carbocycles. The number of hydrogen-bond donors (Lipinski definition) is 2. The molecule has 2 atom stereocenters. The van der Waals surface area contributed by atoms with Gasteiger partial charge in [-0.25, -0.2) is 9.59 Å². The number of urea groups is 1. The molecule has 0 bridgehead atoms. The largest absolute Gasteiger partial charge is 0.480 e. The molecule has 0 aliphatic rings. The third-order valence-electron chi connectivity index (χ3n) is 3.35. The van der Waals surface area contributed by atoms with E-state index >= 15 is 0 Å². The van der Waals surface area contributed by atoms with Gasteiger partial charge in [-0.2, -0.15) is 0 Å². The van der Waals surface area contributed by atoms with Crippen molar-refractivity contribution >= 4 is 12.0 Å². The van der Waals surface area contributed by atoms with Crippen LogP contribution in [0.4, 0.5) is 4.79 Å². The summed E-state index contributed by atoms with van der Waals surface area (Å²) in [5, 5.41) is 11.7. The van der Waals surface area contributed by atoms with E-state index in [2.05, 4.69) is 12.2 Å². The molecule has 0 aromatic rings. The lowest BCUT2D eigenvalue weighted by Crippen LogP contribution is -2.52. The van der Waals surface area contributed by atoms with Crippen LogP contribution in [0.15, 0.2) is 0 Å². The fraction of sp³-hybridized carbons (Fsp3) is 0.857. The molecule has 0 heterocycles. The predicted octanol–water partition coefficient (Wildman–Crippen LogP) is 2.71. The van der Waals surface area contributed by atoms with Gasteiger partial charge in [-0.1, -0.05) is 34.1 Å². The molecule has 5 nitrogen and oxygen atoms in total. The van der Waals surface area contributed by atoms with Gasteiger partial charge >= 0.3 is 12.0 Å². The minimum absolute atomic E-state index is 0.119. The molecule has 2 N–H and O–H groups in total. The summed E-state index contributed by atoms with van der Waals surface area (Å²) in [6.07, 6.45) is 2.79. The first kappa shape index (κ1) is 17.7. The lowest BCUT2D eigenvalue weighted by Gasteiger charge is -2.30. The third kappa shape index (κ3) is 5.94. The maximum absolute atomic E-state index is 12.2. The second-order valence-corrected chi connectivity index (χ2v) is 5.31. The zero-order valence-corrected chi connectivity index (χ0v) is 12.8. The van der Waals surface area contributed by atoms with Crippen molar-refractivity contribution in [1.29, 1.82) is 0 Å². The van der Waals surface area contributed by atoms with E-state index in [0.29, 0.717) is 6.54 Å². The third-order valence-corrected chi connectivity index (χ3v) is 3.35. The number of unbranched alkanes of at least 4 members (excludes halogenated alkanes) is 1. The predicted molar refractivity (Wildman–Crippen MR) is 76.2 cm³/mol. The fourth-order valence-corrected chi connectivity index (χ4v) is 1.80. The van der Waals surface area contributed by atoms with Crippen LogP contribution in [-0.4, -0.2) is 40.6 Å². The molecule has 2 amide bonds. The van der Waals surface area contributed by atoms with Gasteiger partial charge in [-0.05, 0) is 25.7 Å². The minimum atomic E-state index is -0.983. The average Bonchev–Trinajstić information content (AvgIpc) is 2.35. The number of nitrogens with one attached hydrogen (secondary N) is 1. The van der Waals surface area contributed by atoms with Gasteiger partial charge in [-0.3, -0.25) is 0 Å². The summed E-state index contributed by atoms with van der Waals surface area (Å²) >= 11 is 0. The lowest BCUT2D eigenvalue weighted by atomic mass is 10.1. The number of nitrogens with zero attached hydrogens (tertiary/aromatic N) is 1. The number of carbonyl (C=O) groups excluding carboxylic acids is 1. The average molecular weight is 272 g/mol. The van der Waals surface area contributed by atoms with E-state index in [-0.39, 0.29) is 18.0 Å². The maximum Gasteiger partial charge on any atom is 0.326 e. The highest BCUT2D eigenvalue weighted by molar-refractivity contribution is 5.82. The summed E-state index contributed by atoms with van der Waals surface area (Å²) in [7, 11) is 0. The van der Waals surface area contributed by atoms with Crippen LogP contribution in [-0.2, 0) is 4.79 Å². The molecule has 0 saturated heterocycles. The Labute approximate surface area is 116 Å². The van der Waals surface area contributed by atoms with Crippen LogP contribution in [0, 0.1) is 5.92 Å². The van der Waals surface area contributed by atoms with Gasteiger partial charge in [0.15, 0.2) is 0 Å². The van der Waals surface area contributed by atoms with Crippen molar-refractivity contribution in [3.8, 4) is 0 Å². The van der Waals surface area contributed by atoms with Gasteiger partial charge in [0.2, 0.25) is 0 Å². The SMILES string of the molecule is CCCCN(C(=O)NC(C(=O)O)C(C)C)C(C)CC. The van der Waals surface area contributed by atoms with Crippen LogP contribution < -0.4 is 5.32 Å². The molecule has 0 saturated carbocycles. The van der Waals surface area contributed by atoms with Crippen molar-refractivity contribution in [3.05, 3.63) is 0 Å². The molecule has 2 unspecified atom stereocenters. The van der Waals surface area contributed by atoms with E-state index in [1.165, 1.54) is 0 Å². The van der Waals surface area contributed by atoms with Crippen molar-refractivity contribution in [2.75, 3.05) is 6.54 Å². The molecule has 0 fully saturated rings. The maximum atomic E-state index is 12.2. The summed E-state index contributed by atoms with van der Waals surface area (Å²) in [4.78, 5) is 25.1. The summed E-state index contributed by atoms with van der Waals surface area (Å²) in [5.74, 6) is -1.12. The first-order valence-electron chi connectivity index (χ1n) is 7.15. The highest BCUT2D eigenvalue weighted by atomic mass is 16.4. The van der Waals surface area contributed by atoms with Crippen LogP contribution in [0.2, 0.25) is 0 Å². The van der Waals surface area contributed by atoms with Crippen molar-refractivity contribution in [3.63, 3.8) is 0 Å². The van der Waals surface area contributed by atoms with E-state index in [4.69, 9.17) is 5.11 Å². The molecule has 0 rings (SSSR count). The Morgan fingerprint density at radius 1 is 1.21 bits per heavy atom. The van der Waals surface area contributed by atoms with Gasteiger partial charge in [0.05, 0.1) is 0 Å². The number of carboxylic acids is 1. The van der Waals surface area contributed by atoms with Crippen molar-refractivity contribution < 1.29 is 14.7 Å². The minimum Gasteiger partial charge on any atom is -0.480 e. The zero-order chi connectivity index (χ0) is 15.0. The Hall–Kier alpha value is -1.26. The first-order chi connectivity index (χ1) is 8.84. The molecular formula is C14H28N2O3. The molecule has 5 heteroatoms. The second-order valence-electron chi connectivity index (χ2n) is 5.31. The molecule has 112 valence electrons. The monoisotopic (exact) mass is 272 g/mol. The van der Waals surface area contributed by atoms with Gasteiger partial charge in [-0.15, -0.1) is 0 Å². The molecule has 0 aliphatic carbocycles. The van der Waals surface area contributed by atoms with Crippen LogP contribution in [0.5, 0.6) is 0 Å². The zero-order valence-electron chi connectivity index (χ0n) is 12.8. The molecule has 0 spiro atoms. The van der Waals surface area contributed by atoms with Gasteiger partial charge in [0, 0.05) is 12.6 Å². The van der Waals surface area contributed by atoms with Crippen LogP contribution in [0.1, 0.15) is 53.9 Å². The molecule has 0 aromatic heterocycles. The number of carbonyl (C=O) groups is 2. The second kappa shape index (κ2) is 8.77. The van der Waals surface area contributed by atoms with Crippen LogP contribution in [0.3, 0.4) is 0 Å². The number of aliphatic carboxylic acids is 1. The number of rotatable bonds is 8. The van der Waals surface area contributed by atoms with E-state index in [9.17, 15) is 9.59 Å². The molecule has 19 heavy (non-hydrogen) atoms. The number of hydrogen-bond acceptors (Lipinski definition) is 2. The van der Waals surface area contributed by atoms with E-state index in [1.54, 1.807) is 18.7 Å². The number of amides is 2. The van der Waals surface area contributed by atoms with Gasteiger partial charge in [0.1, 0.15) is 6.04 Å². The van der Waals surface area contributed by atoms with E-state index in [1.807, 2.05) is 13.8 Å². The Bertz CT molecular complexity index is 292. The summed E-state index contributed by atoms with van der Waals surface area (Å²) in [6, 6.07) is -0.988. The van der Waals surface area contributed by atoms with Crippen molar-refractivity contribution in [2.45, 2.75) is 66.0 Å². The fourth-order valence-electron chi connectivity index (χ4n) is 1.80. The molecule has 0 aliphatic heterocycles. The smallest absolute Gasteiger partial charge is 0.326 e.